The van der Waals surface area contributed by atoms with Gasteiger partial charge in [0.25, 0.3) is 0 Å². The summed E-state index contributed by atoms with van der Waals surface area (Å²) in [6.07, 6.45) is 0. The number of rotatable bonds is 3. The Morgan fingerprint density at radius 1 is 1.27 bits per heavy atom. The standard InChI is InChI=1S/C10H9ClO3.Na/c1-6(9(12)10(13)14)7-2-4-8(11)5-3-7;/h2-6H,1H3,(H,13,14);/q;+1/p-1. The van der Waals surface area contributed by atoms with Crippen molar-refractivity contribution in [3.63, 3.8) is 0 Å². The molecule has 0 radical (unpaired) electrons. The molecule has 0 bridgehead atoms. The van der Waals surface area contributed by atoms with Crippen molar-refractivity contribution in [2.75, 3.05) is 0 Å². The minimum absolute atomic E-state index is 0. The summed E-state index contributed by atoms with van der Waals surface area (Å²) >= 11 is 5.64. The van der Waals surface area contributed by atoms with Crippen LogP contribution < -0.4 is 34.7 Å². The molecule has 5 heteroatoms. The van der Waals surface area contributed by atoms with Crippen LogP contribution in [0.3, 0.4) is 0 Å². The summed E-state index contributed by atoms with van der Waals surface area (Å²) in [6.45, 7) is 1.52. The number of aliphatic carboxylic acids is 1. The number of ketones is 1. The fourth-order valence-corrected chi connectivity index (χ4v) is 1.21. The molecule has 1 aromatic rings. The third-order valence-electron chi connectivity index (χ3n) is 1.96. The number of benzene rings is 1. The Hall–Kier alpha value is -0.350. The molecule has 1 atom stereocenters. The normalized spacial score (nSPS) is 11.3. The van der Waals surface area contributed by atoms with E-state index < -0.39 is 17.7 Å². The van der Waals surface area contributed by atoms with Crippen molar-refractivity contribution in [1.82, 2.24) is 0 Å². The number of carboxylic acids is 1. The Balaban J connectivity index is 0.00000196. The molecule has 3 nitrogen and oxygen atoms in total. The summed E-state index contributed by atoms with van der Waals surface area (Å²) in [6, 6.07) is 6.45. The molecule has 1 aromatic carbocycles. The summed E-state index contributed by atoms with van der Waals surface area (Å²) in [5.74, 6) is -3.28. The number of halogens is 1. The molecule has 0 spiro atoms. The number of hydrogen-bond donors (Lipinski definition) is 0. The number of hydrogen-bond acceptors (Lipinski definition) is 3. The summed E-state index contributed by atoms with van der Waals surface area (Å²) in [5, 5.41) is 10.8. The second-order valence-electron chi connectivity index (χ2n) is 2.92. The molecule has 74 valence electrons. The van der Waals surface area contributed by atoms with Gasteiger partial charge in [-0.15, -0.1) is 0 Å². The van der Waals surface area contributed by atoms with Gasteiger partial charge in [-0.2, -0.15) is 0 Å². The van der Waals surface area contributed by atoms with E-state index in [0.29, 0.717) is 10.6 Å². The molecule has 1 unspecified atom stereocenters. The van der Waals surface area contributed by atoms with E-state index in [1.54, 1.807) is 24.3 Å². The number of carbonyl (C=O) groups is 2. The molecule has 1 rings (SSSR count). The van der Waals surface area contributed by atoms with Crippen LogP contribution in [-0.4, -0.2) is 11.8 Å². The largest absolute Gasteiger partial charge is 1.00 e. The molecule has 0 N–H and O–H groups in total. The number of carbonyl (C=O) groups excluding carboxylic acids is 2. The molecule has 0 aliphatic rings. The van der Waals surface area contributed by atoms with Crippen LogP contribution in [0.5, 0.6) is 0 Å². The average molecular weight is 235 g/mol. The Labute approximate surface area is 115 Å². The van der Waals surface area contributed by atoms with Gasteiger partial charge in [0.2, 0.25) is 0 Å². The first kappa shape index (κ1) is 14.6. The molecule has 0 saturated heterocycles. The third-order valence-corrected chi connectivity index (χ3v) is 2.22. The summed E-state index contributed by atoms with van der Waals surface area (Å²) < 4.78 is 0. The third kappa shape index (κ3) is 3.95. The van der Waals surface area contributed by atoms with Gasteiger partial charge in [-0.25, -0.2) is 0 Å². The average Bonchev–Trinajstić information content (AvgIpc) is 2.16. The van der Waals surface area contributed by atoms with E-state index in [9.17, 15) is 14.7 Å². The Kier molecular flexibility index (Phi) is 6.13. The van der Waals surface area contributed by atoms with Crippen LogP contribution in [0.25, 0.3) is 0 Å². The van der Waals surface area contributed by atoms with E-state index in [-0.39, 0.29) is 29.6 Å². The fourth-order valence-electron chi connectivity index (χ4n) is 1.08. The van der Waals surface area contributed by atoms with E-state index in [1.165, 1.54) is 6.92 Å². The quantitative estimate of drug-likeness (QED) is 0.439. The first-order chi connectivity index (χ1) is 6.52. The summed E-state index contributed by atoms with van der Waals surface area (Å²) in [4.78, 5) is 21.3. The minimum Gasteiger partial charge on any atom is -0.542 e. The van der Waals surface area contributed by atoms with Gasteiger partial charge in [0.1, 0.15) is 5.97 Å². The van der Waals surface area contributed by atoms with Crippen LogP contribution in [0.4, 0.5) is 0 Å². The molecule has 0 heterocycles. The van der Waals surface area contributed by atoms with E-state index in [0.717, 1.165) is 0 Å². The van der Waals surface area contributed by atoms with Crippen LogP contribution in [0, 0.1) is 0 Å². The Morgan fingerprint density at radius 2 is 1.73 bits per heavy atom. The monoisotopic (exact) mass is 234 g/mol. The zero-order valence-electron chi connectivity index (χ0n) is 8.49. The van der Waals surface area contributed by atoms with E-state index in [1.807, 2.05) is 0 Å². The van der Waals surface area contributed by atoms with Gasteiger partial charge in [-0.1, -0.05) is 30.7 Å². The second-order valence-corrected chi connectivity index (χ2v) is 3.36. The van der Waals surface area contributed by atoms with E-state index in [2.05, 4.69) is 0 Å². The van der Waals surface area contributed by atoms with Crippen molar-refractivity contribution in [2.24, 2.45) is 0 Å². The van der Waals surface area contributed by atoms with Crippen molar-refractivity contribution in [2.45, 2.75) is 12.8 Å². The number of carboxylic acid groups (broad SMARTS) is 1. The maximum atomic E-state index is 11.0. The molecule has 0 aliphatic heterocycles. The van der Waals surface area contributed by atoms with Crippen LogP contribution >= 0.6 is 11.6 Å². The van der Waals surface area contributed by atoms with Gasteiger partial charge in [0, 0.05) is 10.9 Å². The topological polar surface area (TPSA) is 57.2 Å². The van der Waals surface area contributed by atoms with Gasteiger partial charge in [-0.05, 0) is 17.7 Å². The van der Waals surface area contributed by atoms with Gasteiger partial charge in [-0.3, -0.25) is 4.79 Å². The van der Waals surface area contributed by atoms with Crippen molar-refractivity contribution < 1.29 is 44.3 Å². The van der Waals surface area contributed by atoms with Gasteiger partial charge >= 0.3 is 29.6 Å². The first-order valence-corrected chi connectivity index (χ1v) is 4.41. The molecule has 0 saturated carbocycles. The molecule has 0 aliphatic carbocycles. The van der Waals surface area contributed by atoms with Gasteiger partial charge < -0.3 is 9.90 Å². The van der Waals surface area contributed by atoms with Crippen LogP contribution in [0.2, 0.25) is 5.02 Å². The molecular weight excluding hydrogens is 227 g/mol. The maximum Gasteiger partial charge on any atom is 1.00 e. The van der Waals surface area contributed by atoms with E-state index >= 15 is 0 Å². The van der Waals surface area contributed by atoms with Crippen LogP contribution in [0.15, 0.2) is 24.3 Å². The van der Waals surface area contributed by atoms with Crippen LogP contribution in [0.1, 0.15) is 18.4 Å². The zero-order valence-corrected chi connectivity index (χ0v) is 11.2. The fraction of sp³-hybridized carbons (Fsp3) is 0.200. The predicted molar refractivity (Wildman–Crippen MR) is 49.9 cm³/mol. The molecular formula is C10H8ClNaO3. The van der Waals surface area contributed by atoms with Gasteiger partial charge in [0.05, 0.1) is 0 Å². The Bertz CT molecular complexity index is 361. The van der Waals surface area contributed by atoms with Crippen LogP contribution in [-0.2, 0) is 9.59 Å². The second kappa shape index (κ2) is 6.28. The van der Waals surface area contributed by atoms with Gasteiger partial charge in [0.15, 0.2) is 5.78 Å². The number of Topliss-reactive ketones (excluding diaryl/α,β-unsaturated/α-hetero) is 1. The maximum absolute atomic E-state index is 11.0. The zero-order chi connectivity index (χ0) is 10.7. The molecule has 0 aromatic heterocycles. The van der Waals surface area contributed by atoms with Crippen molar-refractivity contribution in [1.29, 1.82) is 0 Å². The minimum atomic E-state index is -1.66. The molecule has 15 heavy (non-hydrogen) atoms. The summed E-state index contributed by atoms with van der Waals surface area (Å²) in [7, 11) is 0. The smallest absolute Gasteiger partial charge is 0.542 e. The predicted octanol–water partition coefficient (Wildman–Crippen LogP) is -2.23. The first-order valence-electron chi connectivity index (χ1n) is 4.03. The summed E-state index contributed by atoms with van der Waals surface area (Å²) in [5.41, 5.74) is 0.614. The van der Waals surface area contributed by atoms with E-state index in [4.69, 9.17) is 11.6 Å². The van der Waals surface area contributed by atoms with Crippen molar-refractivity contribution >= 4 is 23.4 Å². The molecule has 0 fully saturated rings. The van der Waals surface area contributed by atoms with Crippen molar-refractivity contribution in [3.05, 3.63) is 34.9 Å². The Morgan fingerprint density at radius 3 is 2.13 bits per heavy atom. The molecule has 0 amide bonds. The SMILES string of the molecule is CC(C(=O)C(=O)[O-])c1ccc(Cl)cc1.[Na+]. The van der Waals surface area contributed by atoms with Crippen molar-refractivity contribution in [3.8, 4) is 0 Å².